The van der Waals surface area contributed by atoms with Gasteiger partial charge in [-0.1, -0.05) is 23.7 Å². The number of benzene rings is 1. The number of pyridine rings is 2. The van der Waals surface area contributed by atoms with Crippen LogP contribution < -0.4 is 15.7 Å². The lowest BCUT2D eigenvalue weighted by Gasteiger charge is -2.29. The number of alkyl halides is 2. The minimum absolute atomic E-state index is 0.117. The fourth-order valence-electron chi connectivity index (χ4n) is 5.48. The Morgan fingerprint density at radius 3 is 2.52 bits per heavy atom. The molecule has 1 aromatic carbocycles. The van der Waals surface area contributed by atoms with Crippen LogP contribution in [0.2, 0.25) is 5.02 Å². The second-order valence-electron chi connectivity index (χ2n) is 10.8. The van der Waals surface area contributed by atoms with E-state index in [1.54, 1.807) is 34.6 Å². The molecule has 5 rings (SSSR count). The molecule has 3 heterocycles. The topological polar surface area (TPSA) is 110 Å². The minimum atomic E-state index is -2.89. The van der Waals surface area contributed by atoms with Gasteiger partial charge in [0.1, 0.15) is 19.1 Å². The van der Waals surface area contributed by atoms with Gasteiger partial charge in [-0.05, 0) is 62.8 Å². The predicted molar refractivity (Wildman–Crippen MR) is 161 cm³/mol. The van der Waals surface area contributed by atoms with E-state index in [2.05, 4.69) is 15.3 Å². The van der Waals surface area contributed by atoms with Crippen LogP contribution in [0.1, 0.15) is 55.1 Å². The van der Waals surface area contributed by atoms with E-state index in [-0.39, 0.29) is 41.1 Å². The predicted octanol–water partition coefficient (Wildman–Crippen LogP) is 5.55. The van der Waals surface area contributed by atoms with Crippen LogP contribution in [0.5, 0.6) is 5.88 Å². The first-order valence-corrected chi connectivity index (χ1v) is 14.8. The average molecular weight is 630 g/mol. The van der Waals surface area contributed by atoms with Crippen LogP contribution in [0, 0.1) is 5.92 Å². The highest BCUT2D eigenvalue weighted by Crippen LogP contribution is 2.29. The summed E-state index contributed by atoms with van der Waals surface area (Å²) >= 11 is 5.91. The summed E-state index contributed by atoms with van der Waals surface area (Å²) in [6.07, 6.45) is 2.47. The summed E-state index contributed by atoms with van der Waals surface area (Å²) in [6, 6.07) is 12.2. The summed E-state index contributed by atoms with van der Waals surface area (Å²) in [5.41, 5.74) is 1.22. The molecular formula is C31H34ClF2N5O5. The summed E-state index contributed by atoms with van der Waals surface area (Å²) in [4.78, 5) is 34.6. The van der Waals surface area contributed by atoms with Gasteiger partial charge in [-0.3, -0.25) is 18.9 Å². The Morgan fingerprint density at radius 1 is 1.09 bits per heavy atom. The monoisotopic (exact) mass is 629 g/mol. The van der Waals surface area contributed by atoms with Gasteiger partial charge in [0.25, 0.3) is 12.3 Å². The highest BCUT2D eigenvalue weighted by atomic mass is 35.5. The highest BCUT2D eigenvalue weighted by molar-refractivity contribution is 6.30. The molecule has 1 saturated carbocycles. The van der Waals surface area contributed by atoms with Gasteiger partial charge in [0.05, 0.1) is 39.6 Å². The van der Waals surface area contributed by atoms with E-state index < -0.39 is 18.0 Å². The van der Waals surface area contributed by atoms with Crippen LogP contribution in [0.4, 0.5) is 8.78 Å². The number of rotatable bonds is 12. The molecule has 0 unspecified atom stereocenters. The van der Waals surface area contributed by atoms with E-state index >= 15 is 0 Å². The zero-order valence-corrected chi connectivity index (χ0v) is 25.2. The molecule has 0 saturated heterocycles. The molecule has 0 spiro atoms. The van der Waals surface area contributed by atoms with E-state index in [4.69, 9.17) is 25.8 Å². The second kappa shape index (κ2) is 14.3. The number of para-hydroxylation sites is 2. The number of amides is 1. The number of imidazole rings is 1. The molecule has 234 valence electrons. The molecule has 0 aliphatic heterocycles. The number of methoxy groups -OCH3 is 1. The molecule has 1 N–H and O–H groups in total. The fourth-order valence-corrected chi connectivity index (χ4v) is 5.63. The van der Waals surface area contributed by atoms with E-state index in [9.17, 15) is 18.4 Å². The Morgan fingerprint density at radius 2 is 1.84 bits per heavy atom. The van der Waals surface area contributed by atoms with Crippen molar-refractivity contribution in [3.63, 3.8) is 0 Å². The number of ether oxygens (including phenoxy) is 3. The first-order chi connectivity index (χ1) is 21.2. The van der Waals surface area contributed by atoms with Gasteiger partial charge in [-0.15, -0.1) is 0 Å². The molecular weight excluding hydrogens is 596 g/mol. The van der Waals surface area contributed by atoms with Crippen molar-refractivity contribution >= 4 is 28.5 Å². The standard InChI is InChI=1S/C31H34ClF2N5O5/c1-19(44-18-42-2)17-43-27-12-11-23(15-35-27)39-26-6-4-3-5-25(26)38(31(39)41)16-20-7-9-22(10-8-20)37-30(40)24-13-21(32)14-36-28(24)29(33)34/h3-6,11-15,19-20,22,29H,7-10,16-18H2,1-2H3,(H,37,40)/t19-,20?,22?/m0/s1. The molecule has 1 fully saturated rings. The van der Waals surface area contributed by atoms with Gasteiger partial charge >= 0.3 is 5.69 Å². The van der Waals surface area contributed by atoms with Crippen LogP contribution in [-0.2, 0) is 16.0 Å². The van der Waals surface area contributed by atoms with Crippen LogP contribution >= 0.6 is 11.6 Å². The number of fused-ring (bicyclic) bond motifs is 1. The van der Waals surface area contributed by atoms with E-state index in [0.29, 0.717) is 37.6 Å². The quantitative estimate of drug-likeness (QED) is 0.205. The number of nitrogens with zero attached hydrogens (tertiary/aromatic N) is 4. The van der Waals surface area contributed by atoms with Gasteiger partial charge in [-0.2, -0.15) is 0 Å². The molecule has 1 atom stereocenters. The number of carbonyl (C=O) groups excluding carboxylic acids is 1. The summed E-state index contributed by atoms with van der Waals surface area (Å²) in [6.45, 7) is 2.85. The third kappa shape index (κ3) is 7.25. The summed E-state index contributed by atoms with van der Waals surface area (Å²) in [5.74, 6) is -0.00268. The highest BCUT2D eigenvalue weighted by Gasteiger charge is 2.27. The first kappa shape index (κ1) is 31.6. The summed E-state index contributed by atoms with van der Waals surface area (Å²) in [7, 11) is 1.55. The molecule has 0 radical (unpaired) electrons. The fraction of sp³-hybridized carbons (Fsp3) is 0.419. The molecule has 10 nitrogen and oxygen atoms in total. The first-order valence-electron chi connectivity index (χ1n) is 14.4. The van der Waals surface area contributed by atoms with Crippen LogP contribution in [-0.4, -0.2) is 57.7 Å². The number of carbonyl (C=O) groups is 1. The van der Waals surface area contributed by atoms with E-state index in [1.165, 1.54) is 6.07 Å². The molecule has 1 aliphatic rings. The van der Waals surface area contributed by atoms with Crippen LogP contribution in [0.25, 0.3) is 16.7 Å². The Bertz CT molecular complexity index is 1640. The number of hydrogen-bond donors (Lipinski definition) is 1. The summed E-state index contributed by atoms with van der Waals surface area (Å²) < 4.78 is 46.2. The van der Waals surface area contributed by atoms with Crippen molar-refractivity contribution in [1.29, 1.82) is 0 Å². The van der Waals surface area contributed by atoms with Crippen molar-refractivity contribution in [3.05, 3.63) is 81.6 Å². The Kier molecular flexibility index (Phi) is 10.2. The van der Waals surface area contributed by atoms with E-state index in [1.807, 2.05) is 31.2 Å². The SMILES string of the molecule is COCO[C@@H](C)COc1ccc(-n2c(=O)n(CC3CCC(NC(=O)c4cc(Cl)cnc4C(F)F)CC3)c3ccccc32)cn1. The molecule has 1 aliphatic carbocycles. The Hall–Kier alpha value is -3.87. The zero-order chi connectivity index (χ0) is 31.2. The van der Waals surface area contributed by atoms with Crippen molar-refractivity contribution in [2.75, 3.05) is 20.5 Å². The molecule has 1 amide bonds. The summed E-state index contributed by atoms with van der Waals surface area (Å²) in [5, 5.41) is 2.98. The molecule has 0 bridgehead atoms. The Balaban J connectivity index is 1.25. The molecule has 44 heavy (non-hydrogen) atoms. The number of hydrogen-bond acceptors (Lipinski definition) is 7. The maximum atomic E-state index is 13.7. The number of halogens is 3. The lowest BCUT2D eigenvalue weighted by Crippen LogP contribution is -2.39. The molecule has 13 heteroatoms. The Labute approximate surface area is 257 Å². The van der Waals surface area contributed by atoms with Crippen molar-refractivity contribution in [2.24, 2.45) is 5.92 Å². The number of aromatic nitrogens is 4. The number of nitrogens with one attached hydrogen (secondary N) is 1. The lowest BCUT2D eigenvalue weighted by molar-refractivity contribution is -0.0771. The van der Waals surface area contributed by atoms with E-state index in [0.717, 1.165) is 30.1 Å². The third-order valence-electron chi connectivity index (χ3n) is 7.71. The van der Waals surface area contributed by atoms with Crippen molar-refractivity contribution in [2.45, 2.75) is 57.7 Å². The largest absolute Gasteiger partial charge is 0.475 e. The van der Waals surface area contributed by atoms with Gasteiger partial charge in [0, 0.05) is 32.0 Å². The van der Waals surface area contributed by atoms with Gasteiger partial charge in [0.15, 0.2) is 0 Å². The van der Waals surface area contributed by atoms with Crippen molar-refractivity contribution < 1.29 is 27.8 Å². The van der Waals surface area contributed by atoms with Gasteiger partial charge < -0.3 is 19.5 Å². The van der Waals surface area contributed by atoms with Gasteiger partial charge in [-0.25, -0.2) is 18.6 Å². The van der Waals surface area contributed by atoms with Gasteiger partial charge in [0.2, 0.25) is 5.88 Å². The third-order valence-corrected chi connectivity index (χ3v) is 7.92. The molecule has 3 aromatic heterocycles. The lowest BCUT2D eigenvalue weighted by atomic mass is 9.85. The minimum Gasteiger partial charge on any atom is -0.475 e. The van der Waals surface area contributed by atoms with Crippen LogP contribution in [0.3, 0.4) is 0 Å². The van der Waals surface area contributed by atoms with Crippen LogP contribution in [0.15, 0.2) is 59.7 Å². The average Bonchev–Trinajstić information content (AvgIpc) is 3.30. The van der Waals surface area contributed by atoms with Crippen molar-refractivity contribution in [3.8, 4) is 11.6 Å². The maximum absolute atomic E-state index is 13.7. The maximum Gasteiger partial charge on any atom is 0.333 e. The normalized spacial score (nSPS) is 17.6. The van der Waals surface area contributed by atoms with Crippen molar-refractivity contribution in [1.82, 2.24) is 24.4 Å². The smallest absolute Gasteiger partial charge is 0.333 e. The zero-order valence-electron chi connectivity index (χ0n) is 24.4. The molecule has 4 aromatic rings. The second-order valence-corrected chi connectivity index (χ2v) is 11.3.